The zero-order chi connectivity index (χ0) is 14.8. The molecule has 1 fully saturated rings. The average Bonchev–Trinajstić information content (AvgIpc) is 2.42. The Morgan fingerprint density at radius 1 is 1.58 bits per heavy atom. The van der Waals surface area contributed by atoms with Crippen LogP contribution in [0.4, 0.5) is 0 Å². The summed E-state index contributed by atoms with van der Waals surface area (Å²) < 4.78 is 0. The molecule has 1 amide bonds. The Morgan fingerprint density at radius 2 is 2.21 bits per heavy atom. The number of carbonyl (C=O) groups is 2. The summed E-state index contributed by atoms with van der Waals surface area (Å²) in [7, 11) is 2.95. The highest BCUT2D eigenvalue weighted by atomic mass is 16.7. The number of nitriles is 1. The van der Waals surface area contributed by atoms with Crippen molar-refractivity contribution in [3.8, 4) is 6.07 Å². The van der Waals surface area contributed by atoms with Gasteiger partial charge in [0.15, 0.2) is 0 Å². The highest BCUT2D eigenvalue weighted by Gasteiger charge is 2.32. The van der Waals surface area contributed by atoms with Crippen molar-refractivity contribution in [2.24, 2.45) is 5.73 Å². The van der Waals surface area contributed by atoms with Crippen molar-refractivity contribution in [1.82, 2.24) is 9.96 Å². The lowest BCUT2D eigenvalue weighted by Gasteiger charge is -2.39. The van der Waals surface area contributed by atoms with Gasteiger partial charge in [0.1, 0.15) is 6.29 Å². The summed E-state index contributed by atoms with van der Waals surface area (Å²) >= 11 is 0. The monoisotopic (exact) mass is 270 g/mol. The van der Waals surface area contributed by atoms with Crippen LogP contribution in [0.2, 0.25) is 0 Å². The van der Waals surface area contributed by atoms with Crippen LogP contribution in [-0.2, 0) is 14.4 Å². The number of nitrogens with two attached hydrogens (primary N) is 1. The van der Waals surface area contributed by atoms with Crippen LogP contribution in [0, 0.1) is 11.3 Å². The molecule has 7 heteroatoms. The predicted molar refractivity (Wildman–Crippen MR) is 69.7 cm³/mol. The molecular weight excluding hydrogens is 248 g/mol. The lowest BCUT2D eigenvalue weighted by molar-refractivity contribution is -0.191. The zero-order valence-corrected chi connectivity index (χ0v) is 11.7. The largest absolute Gasteiger partial charge is 0.333 e. The molecule has 19 heavy (non-hydrogen) atoms. The summed E-state index contributed by atoms with van der Waals surface area (Å²) in [6.45, 7) is 2.14. The maximum atomic E-state index is 11.3. The molecule has 2 N–H and O–H groups in total. The quantitative estimate of drug-likeness (QED) is 0.547. The summed E-state index contributed by atoms with van der Waals surface area (Å²) in [4.78, 5) is 28.7. The normalized spacial score (nSPS) is 22.7. The Bertz CT molecular complexity index is 329. The molecule has 0 bridgehead atoms. The molecular formula is C12H22N4O3. The van der Waals surface area contributed by atoms with Crippen molar-refractivity contribution < 1.29 is 14.4 Å². The van der Waals surface area contributed by atoms with Gasteiger partial charge < -0.3 is 10.5 Å². The van der Waals surface area contributed by atoms with E-state index in [4.69, 9.17) is 10.1 Å². The first kappa shape index (κ1) is 17.5. The number of likely N-dealkylation sites (tertiary alicyclic amines) is 1. The lowest BCUT2D eigenvalue weighted by Crippen LogP contribution is -2.52. The number of hydrogen-bond acceptors (Lipinski definition) is 6. The van der Waals surface area contributed by atoms with Gasteiger partial charge in [-0.2, -0.15) is 5.26 Å². The molecule has 1 aliphatic heterocycles. The maximum absolute atomic E-state index is 11.3. The molecule has 108 valence electrons. The zero-order valence-electron chi connectivity index (χ0n) is 11.7. The van der Waals surface area contributed by atoms with Crippen LogP contribution < -0.4 is 5.73 Å². The Kier molecular flexibility index (Phi) is 8.70. The minimum Gasteiger partial charge on any atom is -0.333 e. The van der Waals surface area contributed by atoms with Gasteiger partial charge in [-0.3, -0.25) is 14.5 Å². The van der Waals surface area contributed by atoms with Crippen LogP contribution in [0.1, 0.15) is 19.8 Å². The van der Waals surface area contributed by atoms with Gasteiger partial charge in [-0.1, -0.05) is 0 Å². The summed E-state index contributed by atoms with van der Waals surface area (Å²) in [5.74, 6) is -0.168. The molecule has 1 saturated heterocycles. The van der Waals surface area contributed by atoms with E-state index in [1.54, 1.807) is 4.90 Å². The molecule has 0 radical (unpaired) electrons. The molecule has 1 rings (SSSR count). The molecule has 2 atom stereocenters. The first-order chi connectivity index (χ1) is 9.13. The highest BCUT2D eigenvalue weighted by Crippen LogP contribution is 2.20. The van der Waals surface area contributed by atoms with E-state index >= 15 is 0 Å². The first-order valence-electron chi connectivity index (χ1n) is 6.13. The minimum atomic E-state index is -0.248. The fourth-order valence-electron chi connectivity index (χ4n) is 2.19. The number of amides is 1. The SMILES string of the molecule is CN.CON(C(C)=O)C1CCC(C#N)N(CC=O)C1. The van der Waals surface area contributed by atoms with Gasteiger partial charge in [-0.15, -0.1) is 0 Å². The summed E-state index contributed by atoms with van der Waals surface area (Å²) in [5.41, 5.74) is 4.50. The maximum Gasteiger partial charge on any atom is 0.243 e. The van der Waals surface area contributed by atoms with E-state index < -0.39 is 0 Å². The molecule has 0 aliphatic carbocycles. The van der Waals surface area contributed by atoms with Gasteiger partial charge in [-0.05, 0) is 19.9 Å². The van der Waals surface area contributed by atoms with Crippen molar-refractivity contribution in [2.75, 3.05) is 27.2 Å². The molecule has 7 nitrogen and oxygen atoms in total. The molecule has 0 aromatic carbocycles. The van der Waals surface area contributed by atoms with Crippen molar-refractivity contribution in [2.45, 2.75) is 31.8 Å². The fraction of sp³-hybridized carbons (Fsp3) is 0.750. The van der Waals surface area contributed by atoms with Crippen LogP contribution in [0.5, 0.6) is 0 Å². The molecule has 0 aromatic rings. The number of carbonyl (C=O) groups excluding carboxylic acids is 2. The van der Waals surface area contributed by atoms with E-state index in [1.807, 2.05) is 0 Å². The molecule has 0 spiro atoms. The van der Waals surface area contributed by atoms with E-state index in [0.29, 0.717) is 19.4 Å². The topological polar surface area (TPSA) is 99.7 Å². The number of aldehydes is 1. The van der Waals surface area contributed by atoms with Gasteiger partial charge in [0.05, 0.1) is 31.8 Å². The van der Waals surface area contributed by atoms with E-state index in [2.05, 4.69) is 11.8 Å². The van der Waals surface area contributed by atoms with Crippen LogP contribution in [0.3, 0.4) is 0 Å². The Morgan fingerprint density at radius 3 is 2.63 bits per heavy atom. The standard InChI is InChI=1S/C11H17N3O3.CH5N/c1-9(16)14(17-2)11-4-3-10(7-12)13(8-11)5-6-15;1-2/h6,10-11H,3-5,8H2,1-2H3;2H2,1H3. The number of nitrogens with zero attached hydrogens (tertiary/aromatic N) is 3. The Labute approximate surface area is 113 Å². The number of hydroxylamine groups is 2. The Hall–Kier alpha value is -1.49. The van der Waals surface area contributed by atoms with Crippen molar-refractivity contribution in [1.29, 1.82) is 5.26 Å². The predicted octanol–water partition coefficient (Wildman–Crippen LogP) is -0.473. The fourth-order valence-corrected chi connectivity index (χ4v) is 2.19. The molecule has 2 unspecified atom stereocenters. The molecule has 1 heterocycles. The Balaban J connectivity index is 0.00000154. The second-order valence-electron chi connectivity index (χ2n) is 4.02. The van der Waals surface area contributed by atoms with E-state index in [9.17, 15) is 9.59 Å². The summed E-state index contributed by atoms with van der Waals surface area (Å²) in [6, 6.07) is 1.82. The van der Waals surface area contributed by atoms with Crippen LogP contribution in [-0.4, -0.2) is 61.5 Å². The van der Waals surface area contributed by atoms with Gasteiger partial charge in [0.2, 0.25) is 5.91 Å². The third-order valence-corrected chi connectivity index (χ3v) is 2.96. The van der Waals surface area contributed by atoms with Crippen molar-refractivity contribution >= 4 is 12.2 Å². The van der Waals surface area contributed by atoms with Crippen molar-refractivity contribution in [3.63, 3.8) is 0 Å². The third-order valence-electron chi connectivity index (χ3n) is 2.96. The first-order valence-corrected chi connectivity index (χ1v) is 6.13. The number of piperidine rings is 1. The van der Waals surface area contributed by atoms with Crippen LogP contribution in [0.25, 0.3) is 0 Å². The summed E-state index contributed by atoms with van der Waals surface area (Å²) in [6.07, 6.45) is 2.13. The summed E-state index contributed by atoms with van der Waals surface area (Å²) in [5, 5.41) is 10.3. The molecule has 1 aliphatic rings. The molecule has 0 saturated carbocycles. The average molecular weight is 270 g/mol. The number of hydrogen-bond donors (Lipinski definition) is 1. The number of rotatable bonds is 4. The van der Waals surface area contributed by atoms with Gasteiger partial charge >= 0.3 is 0 Å². The van der Waals surface area contributed by atoms with E-state index in [1.165, 1.54) is 26.1 Å². The van der Waals surface area contributed by atoms with Crippen LogP contribution in [0.15, 0.2) is 0 Å². The van der Waals surface area contributed by atoms with Crippen molar-refractivity contribution in [3.05, 3.63) is 0 Å². The van der Waals surface area contributed by atoms with Crippen LogP contribution >= 0.6 is 0 Å². The molecule has 0 aromatic heterocycles. The third kappa shape index (κ3) is 4.95. The lowest BCUT2D eigenvalue weighted by atomic mass is 9.99. The van der Waals surface area contributed by atoms with E-state index in [-0.39, 0.29) is 24.5 Å². The minimum absolute atomic E-state index is 0.0953. The van der Waals surface area contributed by atoms with E-state index in [0.717, 1.165) is 6.29 Å². The van der Waals surface area contributed by atoms with Gasteiger partial charge in [0, 0.05) is 13.5 Å². The van der Waals surface area contributed by atoms with Gasteiger partial charge in [-0.25, -0.2) is 5.06 Å². The second kappa shape index (κ2) is 9.44. The highest BCUT2D eigenvalue weighted by molar-refractivity contribution is 5.72. The second-order valence-corrected chi connectivity index (χ2v) is 4.02. The van der Waals surface area contributed by atoms with Gasteiger partial charge in [0.25, 0.3) is 0 Å². The smallest absolute Gasteiger partial charge is 0.243 e.